The van der Waals surface area contributed by atoms with E-state index in [1.165, 1.54) is 12.4 Å². The summed E-state index contributed by atoms with van der Waals surface area (Å²) in [6.07, 6.45) is 5.00. The minimum absolute atomic E-state index is 0.128. The number of hydrogen-bond donors (Lipinski definition) is 1. The summed E-state index contributed by atoms with van der Waals surface area (Å²) in [7, 11) is 0. The van der Waals surface area contributed by atoms with Crippen molar-refractivity contribution >= 4 is 5.91 Å². The lowest BCUT2D eigenvalue weighted by atomic mass is 9.86. The molecule has 1 amide bonds. The summed E-state index contributed by atoms with van der Waals surface area (Å²) in [5.41, 5.74) is 0.0340. The number of aryl methyl sites for hydroxylation is 1. The summed E-state index contributed by atoms with van der Waals surface area (Å²) in [5.74, 6) is 0.510. The highest BCUT2D eigenvalue weighted by Gasteiger charge is 2.46. The van der Waals surface area contributed by atoms with Gasteiger partial charge in [-0.1, -0.05) is 0 Å². The summed E-state index contributed by atoms with van der Waals surface area (Å²) in [5, 5.41) is 10.3. The summed E-state index contributed by atoms with van der Waals surface area (Å²) in [6.45, 7) is 3.40. The molecule has 6 nitrogen and oxygen atoms in total. The van der Waals surface area contributed by atoms with Gasteiger partial charge in [0.1, 0.15) is 11.9 Å². The van der Waals surface area contributed by atoms with Crippen LogP contribution in [0, 0.1) is 6.92 Å². The molecule has 6 heteroatoms. The van der Waals surface area contributed by atoms with E-state index in [2.05, 4.69) is 9.97 Å². The zero-order chi connectivity index (χ0) is 14.2. The number of aromatic nitrogens is 2. The molecule has 1 spiro atoms. The lowest BCUT2D eigenvalue weighted by Crippen LogP contribution is -2.56. The van der Waals surface area contributed by atoms with E-state index in [9.17, 15) is 9.90 Å². The second-order valence-electron chi connectivity index (χ2n) is 5.55. The standard InChI is InChI=1S/C14H19N3O3/c1-10-15-7-11(8-16-10)13(19)17-5-4-14(12(18)9-17)3-2-6-20-14/h7-8,12,18H,2-6,9H2,1H3/t12-,14-/m0/s1. The Hall–Kier alpha value is -1.53. The van der Waals surface area contributed by atoms with Crippen LogP contribution in [-0.4, -0.2) is 57.3 Å². The Morgan fingerprint density at radius 3 is 2.80 bits per heavy atom. The molecule has 2 aliphatic rings. The van der Waals surface area contributed by atoms with Crippen molar-refractivity contribution in [2.45, 2.75) is 37.9 Å². The smallest absolute Gasteiger partial charge is 0.257 e. The number of carbonyl (C=O) groups excluding carboxylic acids is 1. The first-order valence-electron chi connectivity index (χ1n) is 7.01. The quantitative estimate of drug-likeness (QED) is 0.811. The minimum Gasteiger partial charge on any atom is -0.388 e. The number of aliphatic hydroxyl groups excluding tert-OH is 1. The van der Waals surface area contributed by atoms with Crippen molar-refractivity contribution in [2.75, 3.05) is 19.7 Å². The molecule has 2 atom stereocenters. The maximum absolute atomic E-state index is 12.4. The zero-order valence-electron chi connectivity index (χ0n) is 11.6. The number of nitrogens with zero attached hydrogens (tertiary/aromatic N) is 3. The Kier molecular flexibility index (Phi) is 3.43. The first-order valence-corrected chi connectivity index (χ1v) is 7.01. The molecule has 3 rings (SSSR count). The second kappa shape index (κ2) is 5.10. The van der Waals surface area contributed by atoms with Crippen molar-refractivity contribution < 1.29 is 14.6 Å². The monoisotopic (exact) mass is 277 g/mol. The molecule has 0 aromatic carbocycles. The van der Waals surface area contributed by atoms with Crippen molar-refractivity contribution in [2.24, 2.45) is 0 Å². The van der Waals surface area contributed by atoms with Crippen molar-refractivity contribution in [3.63, 3.8) is 0 Å². The van der Waals surface area contributed by atoms with Crippen LogP contribution in [0.3, 0.4) is 0 Å². The summed E-state index contributed by atoms with van der Waals surface area (Å²) in [6, 6.07) is 0. The Morgan fingerprint density at radius 1 is 1.45 bits per heavy atom. The molecule has 1 N–H and O–H groups in total. The third-order valence-electron chi connectivity index (χ3n) is 4.25. The van der Waals surface area contributed by atoms with Crippen LogP contribution in [0.2, 0.25) is 0 Å². The Morgan fingerprint density at radius 2 is 2.20 bits per heavy atom. The fourth-order valence-corrected chi connectivity index (χ4v) is 3.01. The van der Waals surface area contributed by atoms with Crippen LogP contribution >= 0.6 is 0 Å². The lowest BCUT2D eigenvalue weighted by molar-refractivity contribution is -0.122. The Labute approximate surface area is 117 Å². The average Bonchev–Trinajstić information content (AvgIpc) is 2.92. The van der Waals surface area contributed by atoms with Gasteiger partial charge in [-0.05, 0) is 26.2 Å². The third-order valence-corrected chi connectivity index (χ3v) is 4.25. The molecule has 0 saturated carbocycles. The van der Waals surface area contributed by atoms with E-state index >= 15 is 0 Å². The molecule has 20 heavy (non-hydrogen) atoms. The van der Waals surface area contributed by atoms with Gasteiger partial charge in [0.2, 0.25) is 0 Å². The normalized spacial score (nSPS) is 29.9. The maximum atomic E-state index is 12.4. The SMILES string of the molecule is Cc1ncc(C(=O)N2CC[C@@]3(CCCO3)[C@@H](O)C2)cn1. The molecule has 1 aromatic rings. The van der Waals surface area contributed by atoms with Crippen LogP contribution in [0.15, 0.2) is 12.4 Å². The van der Waals surface area contributed by atoms with Gasteiger partial charge in [0.25, 0.3) is 5.91 Å². The van der Waals surface area contributed by atoms with Gasteiger partial charge < -0.3 is 14.7 Å². The van der Waals surface area contributed by atoms with E-state index in [1.807, 2.05) is 0 Å². The molecule has 0 aliphatic carbocycles. The van der Waals surface area contributed by atoms with Gasteiger partial charge in [-0.25, -0.2) is 9.97 Å². The largest absolute Gasteiger partial charge is 0.388 e. The zero-order valence-corrected chi connectivity index (χ0v) is 11.6. The maximum Gasteiger partial charge on any atom is 0.257 e. The number of hydrogen-bond acceptors (Lipinski definition) is 5. The predicted octanol–water partition coefficient (Wildman–Crippen LogP) is 0.541. The van der Waals surface area contributed by atoms with Crippen molar-refractivity contribution in [1.29, 1.82) is 0 Å². The van der Waals surface area contributed by atoms with Crippen LogP contribution in [0.5, 0.6) is 0 Å². The Balaban J connectivity index is 1.70. The highest BCUT2D eigenvalue weighted by molar-refractivity contribution is 5.93. The van der Waals surface area contributed by atoms with E-state index in [4.69, 9.17) is 4.74 Å². The summed E-state index contributed by atoms with van der Waals surface area (Å²) in [4.78, 5) is 22.1. The van der Waals surface area contributed by atoms with Crippen LogP contribution in [0.4, 0.5) is 0 Å². The number of ether oxygens (including phenoxy) is 1. The van der Waals surface area contributed by atoms with E-state index in [0.717, 1.165) is 12.8 Å². The molecule has 3 heterocycles. The fraction of sp³-hybridized carbons (Fsp3) is 0.643. The predicted molar refractivity (Wildman–Crippen MR) is 71.2 cm³/mol. The van der Waals surface area contributed by atoms with Crippen LogP contribution < -0.4 is 0 Å². The first kappa shape index (κ1) is 13.5. The Bertz CT molecular complexity index is 497. The minimum atomic E-state index is -0.617. The molecule has 108 valence electrons. The lowest BCUT2D eigenvalue weighted by Gasteiger charge is -2.42. The van der Waals surface area contributed by atoms with Crippen LogP contribution in [0.25, 0.3) is 0 Å². The second-order valence-corrected chi connectivity index (χ2v) is 5.55. The molecule has 2 saturated heterocycles. The van der Waals surface area contributed by atoms with Gasteiger partial charge in [0.05, 0.1) is 11.2 Å². The molecule has 0 unspecified atom stereocenters. The average molecular weight is 277 g/mol. The number of amides is 1. The summed E-state index contributed by atoms with van der Waals surface area (Å²) < 4.78 is 5.73. The number of β-amino-alcohol motifs (C(OH)–C–C–N with tert-alkyl or cyclic N) is 1. The molecule has 0 bridgehead atoms. The fourth-order valence-electron chi connectivity index (χ4n) is 3.01. The van der Waals surface area contributed by atoms with E-state index in [0.29, 0.717) is 37.5 Å². The van der Waals surface area contributed by atoms with Crippen molar-refractivity contribution in [3.05, 3.63) is 23.8 Å². The van der Waals surface area contributed by atoms with Gasteiger partial charge >= 0.3 is 0 Å². The van der Waals surface area contributed by atoms with Gasteiger partial charge in [0, 0.05) is 32.1 Å². The van der Waals surface area contributed by atoms with Crippen molar-refractivity contribution in [3.8, 4) is 0 Å². The highest BCUT2D eigenvalue weighted by atomic mass is 16.5. The number of carbonyl (C=O) groups is 1. The molecule has 0 radical (unpaired) electrons. The third kappa shape index (κ3) is 2.29. The number of piperidine rings is 1. The highest BCUT2D eigenvalue weighted by Crippen LogP contribution is 2.36. The van der Waals surface area contributed by atoms with E-state index < -0.39 is 11.7 Å². The van der Waals surface area contributed by atoms with Gasteiger partial charge in [-0.3, -0.25) is 4.79 Å². The molecule has 2 fully saturated rings. The number of aliphatic hydroxyl groups is 1. The first-order chi connectivity index (χ1) is 9.61. The van der Waals surface area contributed by atoms with E-state index in [-0.39, 0.29) is 5.91 Å². The molecular formula is C14H19N3O3. The summed E-state index contributed by atoms with van der Waals surface area (Å²) >= 11 is 0. The number of rotatable bonds is 1. The van der Waals surface area contributed by atoms with Gasteiger partial charge in [-0.15, -0.1) is 0 Å². The van der Waals surface area contributed by atoms with Crippen LogP contribution in [-0.2, 0) is 4.74 Å². The van der Waals surface area contributed by atoms with Crippen LogP contribution in [0.1, 0.15) is 35.4 Å². The van der Waals surface area contributed by atoms with E-state index in [1.54, 1.807) is 11.8 Å². The van der Waals surface area contributed by atoms with Crippen molar-refractivity contribution in [1.82, 2.24) is 14.9 Å². The number of likely N-dealkylation sites (tertiary alicyclic amines) is 1. The van der Waals surface area contributed by atoms with Gasteiger partial charge in [0.15, 0.2) is 0 Å². The molecular weight excluding hydrogens is 258 g/mol. The molecule has 1 aromatic heterocycles. The van der Waals surface area contributed by atoms with Gasteiger partial charge in [-0.2, -0.15) is 0 Å². The topological polar surface area (TPSA) is 75.6 Å². The molecule has 2 aliphatic heterocycles.